The van der Waals surface area contributed by atoms with Gasteiger partial charge < -0.3 is 14.4 Å². The number of hydrogen-bond acceptors (Lipinski definition) is 7. The molecule has 0 fully saturated rings. The molecule has 4 aromatic rings. The maximum atomic E-state index is 13.6. The van der Waals surface area contributed by atoms with Gasteiger partial charge >= 0.3 is 0 Å². The fourth-order valence-electron chi connectivity index (χ4n) is 3.47. The lowest BCUT2D eigenvalue weighted by Gasteiger charge is -2.27. The van der Waals surface area contributed by atoms with Crippen molar-refractivity contribution in [2.75, 3.05) is 18.1 Å². The number of benzene rings is 2. The smallest absolute Gasteiger partial charge is 0.253 e. The molecule has 0 saturated carbocycles. The van der Waals surface area contributed by atoms with Gasteiger partial charge in [0, 0.05) is 22.2 Å². The molecule has 2 aromatic carbocycles. The van der Waals surface area contributed by atoms with Crippen molar-refractivity contribution in [1.29, 1.82) is 0 Å². The van der Waals surface area contributed by atoms with Crippen LogP contribution in [0.1, 0.15) is 17.8 Å². The third-order valence-electron chi connectivity index (χ3n) is 5.16. The monoisotopic (exact) mass is 447 g/mol. The minimum absolute atomic E-state index is 0.146. The first-order valence-corrected chi connectivity index (χ1v) is 11.2. The summed E-state index contributed by atoms with van der Waals surface area (Å²) in [6.45, 7) is 3.21. The topological polar surface area (TPSA) is 82.4 Å². The highest BCUT2D eigenvalue weighted by atomic mass is 32.1. The van der Waals surface area contributed by atoms with Crippen molar-refractivity contribution in [2.45, 2.75) is 19.5 Å². The van der Waals surface area contributed by atoms with Crippen molar-refractivity contribution in [3.05, 3.63) is 70.9 Å². The molecule has 0 spiro atoms. The number of anilines is 1. The van der Waals surface area contributed by atoms with E-state index in [4.69, 9.17) is 9.47 Å². The van der Waals surface area contributed by atoms with E-state index in [1.807, 2.05) is 66.0 Å². The maximum Gasteiger partial charge on any atom is 0.253 e. The number of nitrogens with zero attached hydrogens (tertiary/aromatic N) is 5. The van der Waals surface area contributed by atoms with E-state index in [-0.39, 0.29) is 5.91 Å². The summed E-state index contributed by atoms with van der Waals surface area (Å²) in [5.41, 5.74) is 1.57. The Balaban J connectivity index is 1.44. The summed E-state index contributed by atoms with van der Waals surface area (Å²) in [6, 6.07) is 18.5. The van der Waals surface area contributed by atoms with Crippen LogP contribution in [0, 0.1) is 0 Å². The molecule has 2 aromatic heterocycles. The zero-order valence-electron chi connectivity index (χ0n) is 17.4. The van der Waals surface area contributed by atoms with Gasteiger partial charge in [0.15, 0.2) is 11.5 Å². The number of tetrazole rings is 1. The van der Waals surface area contributed by atoms with Gasteiger partial charge in [-0.25, -0.2) is 0 Å². The maximum absolute atomic E-state index is 13.6. The molecule has 0 saturated heterocycles. The van der Waals surface area contributed by atoms with Crippen LogP contribution in [-0.4, -0.2) is 39.3 Å². The van der Waals surface area contributed by atoms with Crippen LogP contribution in [-0.2, 0) is 11.3 Å². The van der Waals surface area contributed by atoms with Gasteiger partial charge in [0.05, 0.1) is 6.54 Å². The summed E-state index contributed by atoms with van der Waals surface area (Å²) in [5, 5.41) is 14.7. The zero-order chi connectivity index (χ0) is 21.9. The van der Waals surface area contributed by atoms with Gasteiger partial charge in [-0.05, 0) is 35.7 Å². The minimum Gasteiger partial charge on any atom is -0.486 e. The molecule has 1 aliphatic heterocycles. The van der Waals surface area contributed by atoms with Crippen LogP contribution in [0.5, 0.6) is 11.5 Å². The Bertz CT molecular complexity index is 1210. The van der Waals surface area contributed by atoms with E-state index in [1.165, 1.54) is 4.80 Å². The fraction of sp³-hybridized carbons (Fsp3) is 0.217. The molecule has 0 bridgehead atoms. The first-order valence-electron chi connectivity index (χ1n) is 10.3. The highest BCUT2D eigenvalue weighted by Gasteiger charge is 2.27. The van der Waals surface area contributed by atoms with Gasteiger partial charge in [0.2, 0.25) is 5.82 Å². The quantitative estimate of drug-likeness (QED) is 0.445. The second kappa shape index (κ2) is 8.80. The van der Waals surface area contributed by atoms with Gasteiger partial charge in [-0.2, -0.15) is 4.80 Å². The lowest BCUT2D eigenvalue weighted by atomic mass is 10.2. The summed E-state index contributed by atoms with van der Waals surface area (Å²) in [7, 11) is 0. The second-order valence-electron chi connectivity index (χ2n) is 7.31. The van der Waals surface area contributed by atoms with E-state index in [0.717, 1.165) is 16.1 Å². The standard InChI is InChI=1S/C23H21N5O3S/c1-16(28-25-22(24-26-28)17-6-3-2-4-7-17)23(29)27(15-19-8-5-13-32-19)18-9-10-20-21(14-18)31-12-11-30-20/h2-10,13-14,16H,11-12,15H2,1H3. The SMILES string of the molecule is CC(C(=O)N(Cc1cccs1)c1ccc2c(c1)OCCO2)n1nnc(-c2ccccc2)n1. The van der Waals surface area contributed by atoms with Crippen molar-refractivity contribution in [3.8, 4) is 22.9 Å². The van der Waals surface area contributed by atoms with Crippen LogP contribution >= 0.6 is 11.3 Å². The molecule has 1 unspecified atom stereocenters. The number of ether oxygens (including phenoxy) is 2. The molecule has 0 radical (unpaired) electrons. The highest BCUT2D eigenvalue weighted by molar-refractivity contribution is 7.09. The summed E-state index contributed by atoms with van der Waals surface area (Å²) in [6.07, 6.45) is 0. The summed E-state index contributed by atoms with van der Waals surface area (Å²) < 4.78 is 11.4. The molecule has 0 aliphatic carbocycles. The molecule has 3 heterocycles. The van der Waals surface area contributed by atoms with Crippen molar-refractivity contribution < 1.29 is 14.3 Å². The van der Waals surface area contributed by atoms with Crippen molar-refractivity contribution >= 4 is 22.9 Å². The molecule has 1 aliphatic rings. The lowest BCUT2D eigenvalue weighted by Crippen LogP contribution is -2.36. The van der Waals surface area contributed by atoms with Crippen molar-refractivity contribution in [2.24, 2.45) is 0 Å². The number of aromatic nitrogens is 4. The number of fused-ring (bicyclic) bond motifs is 1. The van der Waals surface area contributed by atoms with Gasteiger partial charge in [-0.1, -0.05) is 36.4 Å². The molecule has 1 atom stereocenters. The highest BCUT2D eigenvalue weighted by Crippen LogP contribution is 2.35. The number of rotatable bonds is 6. The molecule has 5 rings (SSSR count). The predicted octanol–water partition coefficient (Wildman–Crippen LogP) is 3.97. The Morgan fingerprint density at radius 3 is 2.69 bits per heavy atom. The molecule has 8 nitrogen and oxygen atoms in total. The summed E-state index contributed by atoms with van der Waals surface area (Å²) >= 11 is 1.60. The number of hydrogen-bond donors (Lipinski definition) is 0. The molecule has 162 valence electrons. The largest absolute Gasteiger partial charge is 0.486 e. The third-order valence-corrected chi connectivity index (χ3v) is 6.02. The van der Waals surface area contributed by atoms with Crippen LogP contribution in [0.3, 0.4) is 0 Å². The second-order valence-corrected chi connectivity index (χ2v) is 8.34. The molecular formula is C23H21N5O3S. The summed E-state index contributed by atoms with van der Waals surface area (Å²) in [5.74, 6) is 1.65. The van der Waals surface area contributed by atoms with Crippen LogP contribution < -0.4 is 14.4 Å². The molecule has 32 heavy (non-hydrogen) atoms. The Hall–Kier alpha value is -3.72. The van der Waals surface area contributed by atoms with Crippen molar-refractivity contribution in [3.63, 3.8) is 0 Å². The minimum atomic E-state index is -0.645. The Labute approximate surface area is 189 Å². The Morgan fingerprint density at radius 2 is 1.91 bits per heavy atom. The van der Waals surface area contributed by atoms with E-state index < -0.39 is 6.04 Å². The number of thiophene rings is 1. The fourth-order valence-corrected chi connectivity index (χ4v) is 4.16. The van der Waals surface area contributed by atoms with Crippen LogP contribution in [0.15, 0.2) is 66.0 Å². The van der Waals surface area contributed by atoms with Crippen LogP contribution in [0.25, 0.3) is 11.4 Å². The van der Waals surface area contributed by atoms with Crippen LogP contribution in [0.4, 0.5) is 5.69 Å². The van der Waals surface area contributed by atoms with Crippen molar-refractivity contribution in [1.82, 2.24) is 20.2 Å². The predicted molar refractivity (Wildman–Crippen MR) is 121 cm³/mol. The first kappa shape index (κ1) is 20.2. The van der Waals surface area contributed by atoms with Gasteiger partial charge in [0.1, 0.15) is 19.3 Å². The molecule has 0 N–H and O–H groups in total. The Kier molecular flexibility index (Phi) is 5.55. The van der Waals surface area contributed by atoms with E-state index >= 15 is 0 Å². The number of carbonyl (C=O) groups is 1. The Morgan fingerprint density at radius 1 is 1.09 bits per heavy atom. The molecular weight excluding hydrogens is 426 g/mol. The summed E-state index contributed by atoms with van der Waals surface area (Å²) in [4.78, 5) is 17.8. The zero-order valence-corrected chi connectivity index (χ0v) is 18.2. The average Bonchev–Trinajstić information content (AvgIpc) is 3.54. The molecule has 9 heteroatoms. The van der Waals surface area contributed by atoms with Gasteiger partial charge in [-0.3, -0.25) is 4.79 Å². The first-order chi connectivity index (χ1) is 15.7. The number of amides is 1. The van der Waals surface area contributed by atoms with Gasteiger partial charge in [-0.15, -0.1) is 21.5 Å². The van der Waals surface area contributed by atoms with E-state index in [2.05, 4.69) is 15.4 Å². The van der Waals surface area contributed by atoms with E-state index in [0.29, 0.717) is 37.1 Å². The van der Waals surface area contributed by atoms with Crippen LogP contribution in [0.2, 0.25) is 0 Å². The molecule has 1 amide bonds. The van der Waals surface area contributed by atoms with E-state index in [1.54, 1.807) is 23.2 Å². The number of carbonyl (C=O) groups excluding carboxylic acids is 1. The van der Waals surface area contributed by atoms with E-state index in [9.17, 15) is 4.79 Å². The average molecular weight is 448 g/mol. The third kappa shape index (κ3) is 4.06. The van der Waals surface area contributed by atoms with Gasteiger partial charge in [0.25, 0.3) is 5.91 Å². The lowest BCUT2D eigenvalue weighted by molar-refractivity contribution is -0.122. The normalized spacial score (nSPS) is 13.5.